The van der Waals surface area contributed by atoms with Gasteiger partial charge in [0.25, 0.3) is 0 Å². The van der Waals surface area contributed by atoms with Crippen LogP contribution in [-0.4, -0.2) is 30.6 Å². The van der Waals surface area contributed by atoms with Gasteiger partial charge in [-0.2, -0.15) is 0 Å². The Kier molecular flexibility index (Phi) is 7.06. The summed E-state index contributed by atoms with van der Waals surface area (Å²) in [5.74, 6) is 0.916. The maximum absolute atomic E-state index is 5.47. The second-order valence-electron chi connectivity index (χ2n) is 5.59. The smallest absolute Gasteiger partial charge is 0.00700 e. The molecule has 1 saturated heterocycles. The van der Waals surface area contributed by atoms with E-state index >= 15 is 0 Å². The lowest BCUT2D eigenvalue weighted by Crippen LogP contribution is -2.28. The topological polar surface area (TPSA) is 29.3 Å². The predicted molar refractivity (Wildman–Crippen MR) is 71.6 cm³/mol. The second-order valence-corrected chi connectivity index (χ2v) is 5.59. The molecule has 0 aromatic heterocycles. The molecule has 2 atom stereocenters. The normalized spacial score (nSPS) is 26.4. The van der Waals surface area contributed by atoms with Crippen LogP contribution in [0.5, 0.6) is 0 Å². The Morgan fingerprint density at radius 2 is 1.62 bits per heavy atom. The van der Waals surface area contributed by atoms with Crippen LogP contribution in [0.25, 0.3) is 0 Å². The lowest BCUT2D eigenvalue weighted by Gasteiger charge is -2.20. The monoisotopic (exact) mass is 226 g/mol. The van der Waals surface area contributed by atoms with Crippen LogP contribution in [0, 0.1) is 5.92 Å². The minimum atomic E-state index is 0.826. The number of unbranched alkanes of at least 4 members (excludes halogenated alkanes) is 5. The van der Waals surface area contributed by atoms with Crippen molar-refractivity contribution in [3.63, 3.8) is 0 Å². The van der Waals surface area contributed by atoms with Crippen molar-refractivity contribution in [2.24, 2.45) is 11.7 Å². The highest BCUT2D eigenvalue weighted by molar-refractivity contribution is 4.79. The Bertz CT molecular complexity index is 170. The molecule has 0 aromatic rings. The van der Waals surface area contributed by atoms with Crippen molar-refractivity contribution < 1.29 is 0 Å². The summed E-state index contributed by atoms with van der Waals surface area (Å²) in [7, 11) is 0. The van der Waals surface area contributed by atoms with Gasteiger partial charge < -0.3 is 10.6 Å². The van der Waals surface area contributed by atoms with E-state index in [2.05, 4.69) is 18.7 Å². The third kappa shape index (κ3) is 5.31. The zero-order valence-corrected chi connectivity index (χ0v) is 11.3. The molecule has 2 heteroatoms. The average Bonchev–Trinajstić information content (AvgIpc) is 2.56. The lowest BCUT2D eigenvalue weighted by atomic mass is 10.1. The maximum Gasteiger partial charge on any atom is 0.00700 e. The van der Waals surface area contributed by atoms with E-state index in [1.165, 1.54) is 58.0 Å². The standard InChI is InChI=1S/C14H30N2/c1-13-11-14(2)16(12-13)10-8-6-4-3-5-7-9-15/h13-14H,3-12,15H2,1-2H3/t13-,14+/m1/s1. The maximum atomic E-state index is 5.47. The highest BCUT2D eigenvalue weighted by Gasteiger charge is 2.24. The van der Waals surface area contributed by atoms with Crippen LogP contribution >= 0.6 is 0 Å². The molecule has 0 spiro atoms. The largest absolute Gasteiger partial charge is 0.330 e. The zero-order valence-electron chi connectivity index (χ0n) is 11.3. The summed E-state index contributed by atoms with van der Waals surface area (Å²) in [6, 6.07) is 0.826. The van der Waals surface area contributed by atoms with E-state index in [-0.39, 0.29) is 0 Å². The van der Waals surface area contributed by atoms with Gasteiger partial charge in [-0.1, -0.05) is 32.6 Å². The average molecular weight is 226 g/mol. The van der Waals surface area contributed by atoms with Crippen LogP contribution in [0.15, 0.2) is 0 Å². The van der Waals surface area contributed by atoms with Crippen LogP contribution in [0.2, 0.25) is 0 Å². The van der Waals surface area contributed by atoms with Crippen LogP contribution in [-0.2, 0) is 0 Å². The van der Waals surface area contributed by atoms with E-state index in [0.29, 0.717) is 0 Å². The summed E-state index contributed by atoms with van der Waals surface area (Å²) >= 11 is 0. The first-order chi connectivity index (χ1) is 7.74. The lowest BCUT2D eigenvalue weighted by molar-refractivity contribution is 0.258. The number of likely N-dealkylation sites (tertiary alicyclic amines) is 1. The van der Waals surface area contributed by atoms with E-state index < -0.39 is 0 Å². The fraction of sp³-hybridized carbons (Fsp3) is 1.00. The second kappa shape index (κ2) is 8.08. The van der Waals surface area contributed by atoms with Gasteiger partial charge in [0.1, 0.15) is 0 Å². The SMILES string of the molecule is C[C@@H]1C[C@H](C)N(CCCCCCCCN)C1. The first kappa shape index (κ1) is 14.0. The Balaban J connectivity index is 1.91. The van der Waals surface area contributed by atoms with Crippen molar-refractivity contribution in [2.45, 2.75) is 64.8 Å². The molecule has 0 saturated carbocycles. The number of nitrogens with two attached hydrogens (primary N) is 1. The molecular formula is C14H30N2. The summed E-state index contributed by atoms with van der Waals surface area (Å²) in [5, 5.41) is 0. The fourth-order valence-corrected chi connectivity index (χ4v) is 2.86. The fourth-order valence-electron chi connectivity index (χ4n) is 2.86. The van der Waals surface area contributed by atoms with E-state index in [1.54, 1.807) is 0 Å². The van der Waals surface area contributed by atoms with Crippen molar-refractivity contribution in [2.75, 3.05) is 19.6 Å². The molecule has 0 aromatic carbocycles. The molecule has 16 heavy (non-hydrogen) atoms. The van der Waals surface area contributed by atoms with Crippen LogP contribution in [0.1, 0.15) is 58.8 Å². The van der Waals surface area contributed by atoms with Gasteiger partial charge in [0, 0.05) is 12.6 Å². The molecule has 2 nitrogen and oxygen atoms in total. The molecule has 0 unspecified atom stereocenters. The van der Waals surface area contributed by atoms with Crippen molar-refractivity contribution in [1.29, 1.82) is 0 Å². The van der Waals surface area contributed by atoms with Gasteiger partial charge in [0.05, 0.1) is 0 Å². The molecule has 96 valence electrons. The third-order valence-electron chi connectivity index (χ3n) is 3.81. The third-order valence-corrected chi connectivity index (χ3v) is 3.81. The molecule has 2 N–H and O–H groups in total. The Morgan fingerprint density at radius 1 is 1.00 bits per heavy atom. The molecule has 0 radical (unpaired) electrons. The summed E-state index contributed by atoms with van der Waals surface area (Å²) in [6.07, 6.45) is 9.51. The van der Waals surface area contributed by atoms with Crippen LogP contribution in [0.4, 0.5) is 0 Å². The molecule has 1 aliphatic heterocycles. The predicted octanol–water partition coefficient (Wildman–Crippen LogP) is 3.02. The van der Waals surface area contributed by atoms with E-state index in [9.17, 15) is 0 Å². The Labute approximate surface area is 102 Å². The summed E-state index contributed by atoms with van der Waals surface area (Å²) in [4.78, 5) is 2.67. The number of hydrogen-bond donors (Lipinski definition) is 1. The van der Waals surface area contributed by atoms with Gasteiger partial charge in [0.2, 0.25) is 0 Å². The molecule has 1 rings (SSSR count). The number of rotatable bonds is 8. The summed E-state index contributed by atoms with van der Waals surface area (Å²) in [6.45, 7) is 8.27. The van der Waals surface area contributed by atoms with E-state index in [0.717, 1.165) is 18.5 Å². The Morgan fingerprint density at radius 3 is 2.19 bits per heavy atom. The summed E-state index contributed by atoms with van der Waals surface area (Å²) in [5.41, 5.74) is 5.47. The van der Waals surface area contributed by atoms with Gasteiger partial charge in [-0.15, -0.1) is 0 Å². The Hall–Kier alpha value is -0.0800. The molecule has 1 heterocycles. The minimum Gasteiger partial charge on any atom is -0.330 e. The zero-order chi connectivity index (χ0) is 11.8. The van der Waals surface area contributed by atoms with Crippen molar-refractivity contribution in [3.05, 3.63) is 0 Å². The number of hydrogen-bond acceptors (Lipinski definition) is 2. The highest BCUT2D eigenvalue weighted by Crippen LogP contribution is 2.22. The van der Waals surface area contributed by atoms with Gasteiger partial charge >= 0.3 is 0 Å². The molecule has 1 aliphatic rings. The van der Waals surface area contributed by atoms with E-state index in [1.807, 2.05) is 0 Å². The van der Waals surface area contributed by atoms with Gasteiger partial charge in [-0.25, -0.2) is 0 Å². The number of nitrogens with zero attached hydrogens (tertiary/aromatic N) is 1. The molecule has 1 fully saturated rings. The minimum absolute atomic E-state index is 0.826. The van der Waals surface area contributed by atoms with Crippen molar-refractivity contribution in [3.8, 4) is 0 Å². The summed E-state index contributed by atoms with van der Waals surface area (Å²) < 4.78 is 0. The van der Waals surface area contributed by atoms with Crippen LogP contribution in [0.3, 0.4) is 0 Å². The molecule has 0 bridgehead atoms. The first-order valence-electron chi connectivity index (χ1n) is 7.18. The first-order valence-corrected chi connectivity index (χ1v) is 7.18. The highest BCUT2D eigenvalue weighted by atomic mass is 15.2. The van der Waals surface area contributed by atoms with Gasteiger partial charge in [0.15, 0.2) is 0 Å². The van der Waals surface area contributed by atoms with Gasteiger partial charge in [-0.3, -0.25) is 0 Å². The molecule has 0 amide bonds. The molecular weight excluding hydrogens is 196 g/mol. The van der Waals surface area contributed by atoms with Crippen molar-refractivity contribution in [1.82, 2.24) is 4.90 Å². The molecule has 0 aliphatic carbocycles. The quantitative estimate of drug-likeness (QED) is 0.645. The van der Waals surface area contributed by atoms with Gasteiger partial charge in [-0.05, 0) is 45.2 Å². The van der Waals surface area contributed by atoms with Crippen LogP contribution < -0.4 is 5.73 Å². The van der Waals surface area contributed by atoms with E-state index in [4.69, 9.17) is 5.73 Å². The van der Waals surface area contributed by atoms with Crippen molar-refractivity contribution >= 4 is 0 Å².